The standard InChI is InChI=1S/C13H9Cl2NO3/c14-10-3-1-8(6-11(10)15)19-7-2-4-12(16)9(5-7)13(17)18/h1-6H,16H2,(H,17,18). The number of aromatic carboxylic acids is 1. The zero-order chi connectivity index (χ0) is 14.0. The minimum Gasteiger partial charge on any atom is -0.478 e. The van der Waals surface area contributed by atoms with Crippen molar-refractivity contribution in [2.24, 2.45) is 0 Å². The third-order valence-corrected chi connectivity index (χ3v) is 3.12. The molecule has 0 saturated carbocycles. The number of hydrogen-bond acceptors (Lipinski definition) is 3. The zero-order valence-corrected chi connectivity index (χ0v) is 11.1. The van der Waals surface area contributed by atoms with Crippen LogP contribution in [0.3, 0.4) is 0 Å². The normalized spacial score (nSPS) is 10.2. The number of nitrogens with two attached hydrogens (primary N) is 1. The molecular formula is C13H9Cl2NO3. The van der Waals surface area contributed by atoms with Gasteiger partial charge >= 0.3 is 5.97 Å². The largest absolute Gasteiger partial charge is 0.478 e. The Kier molecular flexibility index (Phi) is 3.83. The average molecular weight is 298 g/mol. The molecule has 3 N–H and O–H groups in total. The van der Waals surface area contributed by atoms with E-state index in [1.54, 1.807) is 24.3 Å². The van der Waals surface area contributed by atoms with Crippen LogP contribution in [0, 0.1) is 0 Å². The predicted octanol–water partition coefficient (Wildman–Crippen LogP) is 4.07. The number of rotatable bonds is 3. The monoisotopic (exact) mass is 297 g/mol. The number of hydrogen-bond donors (Lipinski definition) is 2. The number of carboxylic acid groups (broad SMARTS) is 1. The summed E-state index contributed by atoms with van der Waals surface area (Å²) < 4.78 is 5.50. The second-order valence-electron chi connectivity index (χ2n) is 3.73. The minimum absolute atomic E-state index is 0.0161. The summed E-state index contributed by atoms with van der Waals surface area (Å²) in [5.41, 5.74) is 5.71. The molecule has 0 aliphatic heterocycles. The Balaban J connectivity index is 2.30. The summed E-state index contributed by atoms with van der Waals surface area (Å²) in [7, 11) is 0. The van der Waals surface area contributed by atoms with Crippen LogP contribution >= 0.6 is 23.2 Å². The molecule has 2 rings (SSSR count). The highest BCUT2D eigenvalue weighted by atomic mass is 35.5. The first-order valence-electron chi connectivity index (χ1n) is 5.23. The highest BCUT2D eigenvalue weighted by molar-refractivity contribution is 6.42. The van der Waals surface area contributed by atoms with Gasteiger partial charge < -0.3 is 15.6 Å². The maximum atomic E-state index is 11.0. The molecule has 2 aromatic rings. The summed E-state index contributed by atoms with van der Waals surface area (Å²) >= 11 is 11.7. The fourth-order valence-corrected chi connectivity index (χ4v) is 1.75. The first-order valence-corrected chi connectivity index (χ1v) is 5.98. The lowest BCUT2D eigenvalue weighted by molar-refractivity contribution is 0.0697. The van der Waals surface area contributed by atoms with Crippen LogP contribution in [0.1, 0.15) is 10.4 Å². The Morgan fingerprint density at radius 2 is 1.68 bits per heavy atom. The van der Waals surface area contributed by atoms with Crippen molar-refractivity contribution in [3.05, 3.63) is 52.0 Å². The first-order chi connectivity index (χ1) is 8.97. The van der Waals surface area contributed by atoms with Crippen molar-refractivity contribution in [3.63, 3.8) is 0 Å². The Bertz CT molecular complexity index is 644. The summed E-state index contributed by atoms with van der Waals surface area (Å²) in [6.45, 7) is 0. The molecule has 4 nitrogen and oxygen atoms in total. The lowest BCUT2D eigenvalue weighted by Gasteiger charge is -2.08. The average Bonchev–Trinajstić information content (AvgIpc) is 2.36. The molecule has 0 saturated heterocycles. The van der Waals surface area contributed by atoms with Crippen molar-refractivity contribution in [2.75, 3.05) is 5.73 Å². The third kappa shape index (κ3) is 3.10. The van der Waals surface area contributed by atoms with Crippen molar-refractivity contribution in [3.8, 4) is 11.5 Å². The van der Waals surface area contributed by atoms with E-state index in [2.05, 4.69) is 0 Å². The Hall–Kier alpha value is -1.91. The van der Waals surface area contributed by atoms with Gasteiger partial charge in [0.05, 0.1) is 15.6 Å². The minimum atomic E-state index is -1.11. The van der Waals surface area contributed by atoms with Crippen LogP contribution in [0.25, 0.3) is 0 Å². The number of halogens is 2. The second-order valence-corrected chi connectivity index (χ2v) is 4.55. The maximum absolute atomic E-state index is 11.0. The van der Waals surface area contributed by atoms with E-state index in [0.717, 1.165) is 0 Å². The van der Waals surface area contributed by atoms with Crippen LogP contribution in [-0.2, 0) is 0 Å². The number of carbonyl (C=O) groups is 1. The molecule has 0 aromatic heterocycles. The lowest BCUT2D eigenvalue weighted by atomic mass is 10.2. The van der Waals surface area contributed by atoms with Crippen LogP contribution < -0.4 is 10.5 Å². The molecule has 0 amide bonds. The summed E-state index contributed by atoms with van der Waals surface area (Å²) in [6.07, 6.45) is 0. The number of carboxylic acids is 1. The van der Waals surface area contributed by atoms with Gasteiger partial charge in [-0.05, 0) is 30.3 Å². The first kappa shape index (κ1) is 13.5. The lowest BCUT2D eigenvalue weighted by Crippen LogP contribution is -2.02. The van der Waals surface area contributed by atoms with Gasteiger partial charge in [-0.3, -0.25) is 0 Å². The van der Waals surface area contributed by atoms with Gasteiger partial charge in [0.1, 0.15) is 11.5 Å². The van der Waals surface area contributed by atoms with E-state index in [1.807, 2.05) is 0 Å². The Morgan fingerprint density at radius 1 is 1.05 bits per heavy atom. The summed E-state index contributed by atoms with van der Waals surface area (Å²) in [4.78, 5) is 11.0. The van der Waals surface area contributed by atoms with Crippen molar-refractivity contribution in [1.29, 1.82) is 0 Å². The fraction of sp³-hybridized carbons (Fsp3) is 0. The van der Waals surface area contributed by atoms with E-state index in [0.29, 0.717) is 21.5 Å². The van der Waals surface area contributed by atoms with Gasteiger partial charge in [-0.25, -0.2) is 4.79 Å². The van der Waals surface area contributed by atoms with E-state index < -0.39 is 5.97 Å². The molecule has 0 aliphatic rings. The molecule has 19 heavy (non-hydrogen) atoms. The van der Waals surface area contributed by atoms with Gasteiger partial charge in [0.25, 0.3) is 0 Å². The molecule has 0 atom stereocenters. The van der Waals surface area contributed by atoms with Gasteiger partial charge in [0.2, 0.25) is 0 Å². The van der Waals surface area contributed by atoms with E-state index in [9.17, 15) is 4.79 Å². The fourth-order valence-electron chi connectivity index (χ4n) is 1.46. The Morgan fingerprint density at radius 3 is 2.32 bits per heavy atom. The molecule has 0 fully saturated rings. The number of nitrogen functional groups attached to an aromatic ring is 1. The Labute approximate surface area is 119 Å². The van der Waals surface area contributed by atoms with Crippen molar-refractivity contribution >= 4 is 34.9 Å². The summed E-state index contributed by atoms with van der Waals surface area (Å²) in [5, 5.41) is 9.73. The van der Waals surface area contributed by atoms with Crippen molar-refractivity contribution in [2.45, 2.75) is 0 Å². The summed E-state index contributed by atoms with van der Waals surface area (Å²) in [6, 6.07) is 9.15. The van der Waals surface area contributed by atoms with Gasteiger partial charge in [-0.15, -0.1) is 0 Å². The molecule has 0 unspecified atom stereocenters. The maximum Gasteiger partial charge on any atom is 0.337 e. The quantitative estimate of drug-likeness (QED) is 0.838. The van der Waals surface area contributed by atoms with Crippen LogP contribution in [-0.4, -0.2) is 11.1 Å². The number of benzene rings is 2. The smallest absolute Gasteiger partial charge is 0.337 e. The van der Waals surface area contributed by atoms with Crippen LogP contribution in [0.2, 0.25) is 10.0 Å². The molecule has 98 valence electrons. The SMILES string of the molecule is Nc1ccc(Oc2ccc(Cl)c(Cl)c2)cc1C(=O)O. The molecular weight excluding hydrogens is 289 g/mol. The van der Waals surface area contributed by atoms with Crippen molar-refractivity contribution in [1.82, 2.24) is 0 Å². The molecule has 0 heterocycles. The van der Waals surface area contributed by atoms with E-state index in [1.165, 1.54) is 12.1 Å². The third-order valence-electron chi connectivity index (χ3n) is 2.38. The van der Waals surface area contributed by atoms with Gasteiger partial charge in [-0.1, -0.05) is 23.2 Å². The van der Waals surface area contributed by atoms with Crippen LogP contribution in [0.15, 0.2) is 36.4 Å². The van der Waals surface area contributed by atoms with E-state index in [4.69, 9.17) is 38.8 Å². The molecule has 0 aliphatic carbocycles. The highest BCUT2D eigenvalue weighted by Gasteiger charge is 2.10. The number of anilines is 1. The molecule has 0 radical (unpaired) electrons. The van der Waals surface area contributed by atoms with Crippen LogP contribution in [0.4, 0.5) is 5.69 Å². The number of ether oxygens (including phenoxy) is 1. The zero-order valence-electron chi connectivity index (χ0n) is 9.56. The topological polar surface area (TPSA) is 72.5 Å². The van der Waals surface area contributed by atoms with Gasteiger partial charge in [0, 0.05) is 11.8 Å². The molecule has 0 bridgehead atoms. The predicted molar refractivity (Wildman–Crippen MR) is 74.3 cm³/mol. The molecule has 6 heteroatoms. The van der Waals surface area contributed by atoms with Crippen LogP contribution in [0.5, 0.6) is 11.5 Å². The molecule has 0 spiro atoms. The highest BCUT2D eigenvalue weighted by Crippen LogP contribution is 2.30. The van der Waals surface area contributed by atoms with Gasteiger partial charge in [0.15, 0.2) is 0 Å². The van der Waals surface area contributed by atoms with Crippen molar-refractivity contribution < 1.29 is 14.6 Å². The second kappa shape index (κ2) is 5.38. The summed E-state index contributed by atoms with van der Waals surface area (Å²) in [5.74, 6) is -0.308. The van der Waals surface area contributed by atoms with E-state index in [-0.39, 0.29) is 11.3 Å². The molecule has 2 aromatic carbocycles. The van der Waals surface area contributed by atoms with E-state index >= 15 is 0 Å². The van der Waals surface area contributed by atoms with Gasteiger partial charge in [-0.2, -0.15) is 0 Å².